The molecule has 0 aliphatic rings. The molecule has 4 N–H and O–H groups in total. The summed E-state index contributed by atoms with van der Waals surface area (Å²) >= 11 is 0. The number of carboxylic acids is 1. The Morgan fingerprint density at radius 2 is 2.25 bits per heavy atom. The van der Waals surface area contributed by atoms with Gasteiger partial charge in [0, 0.05) is 5.71 Å². The van der Waals surface area contributed by atoms with Gasteiger partial charge < -0.3 is 16.2 Å². The molecule has 0 saturated heterocycles. The number of nitrogens with one attached hydrogen (secondary N) is 1. The second kappa shape index (κ2) is 4.01. The van der Waals surface area contributed by atoms with Crippen LogP contribution in [0.3, 0.4) is 0 Å². The number of allylic oxidation sites excluding steroid dienone is 1. The molecule has 0 aliphatic carbocycles. The van der Waals surface area contributed by atoms with Gasteiger partial charge in [-0.2, -0.15) is 0 Å². The summed E-state index contributed by atoms with van der Waals surface area (Å²) in [6.07, 6.45) is 3.52. The van der Waals surface area contributed by atoms with Crippen molar-refractivity contribution in [3.8, 4) is 0 Å². The molecule has 0 spiro atoms. The van der Waals surface area contributed by atoms with Gasteiger partial charge in [-0.05, 0) is 20.3 Å². The number of nitrogens with two attached hydrogens (primary N) is 1. The predicted octanol–water partition coefficient (Wildman–Crippen LogP) is 0.774. The van der Waals surface area contributed by atoms with Gasteiger partial charge in [0.25, 0.3) is 0 Å². The summed E-state index contributed by atoms with van der Waals surface area (Å²) in [6, 6.07) is 0. The van der Waals surface area contributed by atoms with E-state index < -0.39 is 11.5 Å². The summed E-state index contributed by atoms with van der Waals surface area (Å²) in [4.78, 5) is 10.7. The van der Waals surface area contributed by atoms with Crippen molar-refractivity contribution >= 4 is 11.7 Å². The largest absolute Gasteiger partial charge is 0.480 e. The third kappa shape index (κ3) is 2.17. The monoisotopic (exact) mass is 170 g/mol. The lowest BCUT2D eigenvalue weighted by Crippen LogP contribution is -2.53. The Labute approximate surface area is 71.6 Å². The molecule has 12 heavy (non-hydrogen) atoms. The molecule has 0 amide bonds. The fraction of sp³-hybridized carbons (Fsp3) is 0.500. The molecule has 0 aromatic carbocycles. The Bertz CT molecular complexity index is 207. The smallest absolute Gasteiger partial charge is 0.329 e. The Balaban J connectivity index is 4.62. The maximum atomic E-state index is 10.7. The van der Waals surface area contributed by atoms with Crippen molar-refractivity contribution < 1.29 is 9.90 Å². The first kappa shape index (κ1) is 10.8. The maximum absolute atomic E-state index is 10.7. The van der Waals surface area contributed by atoms with Crippen molar-refractivity contribution in [1.82, 2.24) is 0 Å². The number of hydrogen-bond acceptors (Lipinski definition) is 3. The van der Waals surface area contributed by atoms with Crippen LogP contribution in [0, 0.1) is 5.41 Å². The summed E-state index contributed by atoms with van der Waals surface area (Å²) < 4.78 is 0. The zero-order valence-electron chi connectivity index (χ0n) is 7.29. The van der Waals surface area contributed by atoms with Gasteiger partial charge in [-0.3, -0.25) is 0 Å². The number of carbonyl (C=O) groups is 1. The van der Waals surface area contributed by atoms with Gasteiger partial charge in [0.1, 0.15) is 0 Å². The topological polar surface area (TPSA) is 87.2 Å². The molecule has 0 heterocycles. The SMILES string of the molecule is CC=CCC(N)(C(C)=N)C(=O)O. The molecule has 1 atom stereocenters. The average molecular weight is 170 g/mol. The molecule has 0 aromatic rings. The van der Waals surface area contributed by atoms with E-state index in [-0.39, 0.29) is 12.1 Å². The number of aliphatic carboxylic acids is 1. The minimum Gasteiger partial charge on any atom is -0.480 e. The second-order valence-corrected chi connectivity index (χ2v) is 2.67. The van der Waals surface area contributed by atoms with Gasteiger partial charge in [0.2, 0.25) is 0 Å². The van der Waals surface area contributed by atoms with E-state index in [2.05, 4.69) is 0 Å². The van der Waals surface area contributed by atoms with Crippen LogP contribution >= 0.6 is 0 Å². The molecule has 4 nitrogen and oxygen atoms in total. The van der Waals surface area contributed by atoms with E-state index in [0.29, 0.717) is 0 Å². The van der Waals surface area contributed by atoms with Crippen LogP contribution in [0.25, 0.3) is 0 Å². The Morgan fingerprint density at radius 3 is 2.50 bits per heavy atom. The molecule has 0 aliphatic heterocycles. The normalized spacial score (nSPS) is 15.9. The van der Waals surface area contributed by atoms with Gasteiger partial charge in [0.15, 0.2) is 5.54 Å². The van der Waals surface area contributed by atoms with E-state index >= 15 is 0 Å². The highest BCUT2D eigenvalue weighted by atomic mass is 16.4. The first-order valence-corrected chi connectivity index (χ1v) is 3.64. The fourth-order valence-electron chi connectivity index (χ4n) is 0.705. The van der Waals surface area contributed by atoms with Crippen molar-refractivity contribution in [3.05, 3.63) is 12.2 Å². The highest BCUT2D eigenvalue weighted by molar-refractivity contribution is 6.07. The van der Waals surface area contributed by atoms with E-state index in [0.717, 1.165) is 0 Å². The molecule has 4 heteroatoms. The third-order valence-corrected chi connectivity index (χ3v) is 1.73. The first-order valence-electron chi connectivity index (χ1n) is 3.64. The van der Waals surface area contributed by atoms with E-state index in [9.17, 15) is 4.79 Å². The Morgan fingerprint density at radius 1 is 1.75 bits per heavy atom. The van der Waals surface area contributed by atoms with Crippen LogP contribution in [-0.2, 0) is 4.79 Å². The fourth-order valence-corrected chi connectivity index (χ4v) is 0.705. The van der Waals surface area contributed by atoms with Gasteiger partial charge >= 0.3 is 5.97 Å². The van der Waals surface area contributed by atoms with Gasteiger partial charge in [-0.25, -0.2) is 4.79 Å². The molecule has 68 valence electrons. The summed E-state index contributed by atoms with van der Waals surface area (Å²) in [5, 5.41) is 15.9. The molecule has 1 unspecified atom stereocenters. The molecule has 0 bridgehead atoms. The summed E-state index contributed by atoms with van der Waals surface area (Å²) in [7, 11) is 0. The number of rotatable bonds is 4. The van der Waals surface area contributed by atoms with Crippen molar-refractivity contribution in [2.45, 2.75) is 25.8 Å². The summed E-state index contributed by atoms with van der Waals surface area (Å²) in [6.45, 7) is 3.18. The van der Waals surface area contributed by atoms with Crippen molar-refractivity contribution in [2.24, 2.45) is 5.73 Å². The molecule has 0 radical (unpaired) electrons. The predicted molar refractivity (Wildman–Crippen MR) is 47.4 cm³/mol. The summed E-state index contributed by atoms with van der Waals surface area (Å²) in [5.74, 6) is -1.16. The highest BCUT2D eigenvalue weighted by Crippen LogP contribution is 2.09. The van der Waals surface area contributed by atoms with Crippen LogP contribution in [0.2, 0.25) is 0 Å². The lowest BCUT2D eigenvalue weighted by atomic mass is 9.91. The molecule has 0 fully saturated rings. The standard InChI is InChI=1S/C8H14N2O2/c1-3-4-5-8(10,6(2)9)7(11)12/h3-4,9H,5,10H2,1-2H3,(H,11,12). The average Bonchev–Trinajstić information content (AvgIpc) is 1.99. The minimum absolute atomic E-state index is 0.0342. The van der Waals surface area contributed by atoms with Crippen molar-refractivity contribution in [2.75, 3.05) is 0 Å². The van der Waals surface area contributed by atoms with Crippen LogP contribution < -0.4 is 5.73 Å². The Hall–Kier alpha value is -1.16. The molecular formula is C8H14N2O2. The molecule has 0 saturated carbocycles. The lowest BCUT2D eigenvalue weighted by molar-refractivity contribution is -0.140. The second-order valence-electron chi connectivity index (χ2n) is 2.67. The molecular weight excluding hydrogens is 156 g/mol. The van der Waals surface area contributed by atoms with Gasteiger partial charge in [0.05, 0.1) is 0 Å². The Kier molecular flexibility index (Phi) is 3.63. The van der Waals surface area contributed by atoms with Crippen molar-refractivity contribution in [3.63, 3.8) is 0 Å². The summed E-state index contributed by atoms with van der Waals surface area (Å²) in [5.41, 5.74) is 3.92. The molecule has 0 rings (SSSR count). The first-order chi connectivity index (χ1) is 5.45. The van der Waals surface area contributed by atoms with E-state index in [4.69, 9.17) is 16.2 Å². The van der Waals surface area contributed by atoms with Crippen LogP contribution in [0.1, 0.15) is 20.3 Å². The lowest BCUT2D eigenvalue weighted by Gasteiger charge is -2.21. The third-order valence-electron chi connectivity index (χ3n) is 1.73. The number of hydrogen-bond donors (Lipinski definition) is 3. The van der Waals surface area contributed by atoms with E-state index in [1.54, 1.807) is 19.1 Å². The van der Waals surface area contributed by atoms with Gasteiger partial charge in [-0.15, -0.1) is 0 Å². The zero-order chi connectivity index (χ0) is 9.78. The van der Waals surface area contributed by atoms with E-state index in [1.807, 2.05) is 0 Å². The van der Waals surface area contributed by atoms with Gasteiger partial charge in [-0.1, -0.05) is 12.2 Å². The van der Waals surface area contributed by atoms with Crippen LogP contribution in [0.4, 0.5) is 0 Å². The van der Waals surface area contributed by atoms with Crippen LogP contribution in [-0.4, -0.2) is 22.3 Å². The van der Waals surface area contributed by atoms with Crippen LogP contribution in [0.15, 0.2) is 12.2 Å². The zero-order valence-corrected chi connectivity index (χ0v) is 7.29. The minimum atomic E-state index is -1.54. The highest BCUT2D eigenvalue weighted by Gasteiger charge is 2.34. The maximum Gasteiger partial charge on any atom is 0.329 e. The molecule has 0 aromatic heterocycles. The quantitative estimate of drug-likeness (QED) is 0.430. The van der Waals surface area contributed by atoms with Crippen LogP contribution in [0.5, 0.6) is 0 Å². The van der Waals surface area contributed by atoms with E-state index in [1.165, 1.54) is 6.92 Å². The van der Waals surface area contributed by atoms with Crippen molar-refractivity contribution in [1.29, 1.82) is 5.41 Å². The number of carboxylic acid groups (broad SMARTS) is 1.